The Kier molecular flexibility index (Phi) is 6.81. The van der Waals surface area contributed by atoms with Crippen LogP contribution < -0.4 is 5.73 Å². The molecule has 0 spiro atoms. The van der Waals surface area contributed by atoms with E-state index >= 15 is 0 Å². The number of amidine groups is 1. The fourth-order valence-corrected chi connectivity index (χ4v) is 3.46. The van der Waals surface area contributed by atoms with E-state index in [0.29, 0.717) is 23.6 Å². The molecule has 0 bridgehead atoms. The van der Waals surface area contributed by atoms with E-state index in [9.17, 15) is 8.42 Å². The summed E-state index contributed by atoms with van der Waals surface area (Å²) in [5.74, 6) is 0.431. The molecule has 2 rings (SSSR count). The number of aryl methyl sites for hydroxylation is 1. The first-order valence-corrected chi connectivity index (χ1v) is 9.49. The van der Waals surface area contributed by atoms with E-state index in [2.05, 4.69) is 5.16 Å². The average molecular weight is 346 g/mol. The van der Waals surface area contributed by atoms with Crippen LogP contribution in [0.15, 0.2) is 70.7 Å². The first-order valence-electron chi connectivity index (χ1n) is 7.84. The molecule has 24 heavy (non-hydrogen) atoms. The van der Waals surface area contributed by atoms with E-state index < -0.39 is 9.84 Å². The number of oxime groups is 1. The molecule has 0 aliphatic heterocycles. The molecule has 2 aromatic rings. The third kappa shape index (κ3) is 6.04. The normalized spacial score (nSPS) is 12.1. The summed E-state index contributed by atoms with van der Waals surface area (Å²) in [4.78, 5) is 5.44. The van der Waals surface area contributed by atoms with E-state index in [0.717, 1.165) is 6.42 Å². The van der Waals surface area contributed by atoms with Crippen LogP contribution in [0, 0.1) is 0 Å². The van der Waals surface area contributed by atoms with Crippen LogP contribution >= 0.6 is 0 Å². The Morgan fingerprint density at radius 2 is 1.62 bits per heavy atom. The molecule has 0 atom stereocenters. The highest BCUT2D eigenvalue weighted by Crippen LogP contribution is 2.11. The maximum atomic E-state index is 12.1. The van der Waals surface area contributed by atoms with Gasteiger partial charge in [-0.2, -0.15) is 0 Å². The van der Waals surface area contributed by atoms with Crippen LogP contribution in [0.1, 0.15) is 18.4 Å². The van der Waals surface area contributed by atoms with Crippen LogP contribution in [-0.4, -0.2) is 26.6 Å². The van der Waals surface area contributed by atoms with Crippen molar-refractivity contribution < 1.29 is 13.3 Å². The van der Waals surface area contributed by atoms with Crippen LogP contribution in [0.3, 0.4) is 0 Å². The largest absolute Gasteiger partial charge is 0.394 e. The summed E-state index contributed by atoms with van der Waals surface area (Å²) in [6, 6.07) is 18.4. The lowest BCUT2D eigenvalue weighted by Gasteiger charge is -2.05. The first kappa shape index (κ1) is 18.0. The predicted octanol–water partition coefficient (Wildman–Crippen LogP) is 2.77. The van der Waals surface area contributed by atoms with Gasteiger partial charge in [0.1, 0.15) is 12.4 Å². The summed E-state index contributed by atoms with van der Waals surface area (Å²) in [5.41, 5.74) is 6.97. The highest BCUT2D eigenvalue weighted by Gasteiger charge is 2.13. The molecular weight excluding hydrogens is 324 g/mol. The van der Waals surface area contributed by atoms with Gasteiger partial charge in [0.25, 0.3) is 0 Å². The maximum absolute atomic E-state index is 12.1. The lowest BCUT2D eigenvalue weighted by Crippen LogP contribution is -2.14. The van der Waals surface area contributed by atoms with Crippen LogP contribution in [0.4, 0.5) is 0 Å². The van der Waals surface area contributed by atoms with Gasteiger partial charge in [-0.1, -0.05) is 53.7 Å². The Hall–Kier alpha value is -2.34. The van der Waals surface area contributed by atoms with Crippen LogP contribution in [-0.2, 0) is 21.1 Å². The molecule has 5 nitrogen and oxygen atoms in total. The number of sulfone groups is 1. The van der Waals surface area contributed by atoms with Crippen LogP contribution in [0.2, 0.25) is 0 Å². The Morgan fingerprint density at radius 3 is 2.29 bits per heavy atom. The van der Waals surface area contributed by atoms with Crippen molar-refractivity contribution in [1.82, 2.24) is 0 Å². The molecule has 0 heterocycles. The highest BCUT2D eigenvalue weighted by atomic mass is 32.2. The highest BCUT2D eigenvalue weighted by molar-refractivity contribution is 7.91. The third-order valence-corrected chi connectivity index (χ3v) is 5.26. The van der Waals surface area contributed by atoms with Gasteiger partial charge in [0.15, 0.2) is 9.84 Å². The zero-order valence-electron chi connectivity index (χ0n) is 13.5. The number of rotatable bonds is 9. The number of hydrogen-bond donors (Lipinski definition) is 1. The van der Waals surface area contributed by atoms with E-state index in [4.69, 9.17) is 10.6 Å². The van der Waals surface area contributed by atoms with Gasteiger partial charge < -0.3 is 10.6 Å². The molecule has 2 aromatic carbocycles. The zero-order valence-corrected chi connectivity index (χ0v) is 14.3. The summed E-state index contributed by atoms with van der Waals surface area (Å²) in [5, 5.41) is 3.83. The molecular formula is C18H22N2O3S. The number of hydrogen-bond acceptors (Lipinski definition) is 4. The fourth-order valence-electron chi connectivity index (χ4n) is 2.15. The molecule has 0 amide bonds. The van der Waals surface area contributed by atoms with E-state index in [1.165, 1.54) is 5.56 Å². The Morgan fingerprint density at radius 1 is 1.00 bits per heavy atom. The summed E-state index contributed by atoms with van der Waals surface area (Å²) in [6.07, 6.45) is 1.76. The van der Waals surface area contributed by atoms with Crippen molar-refractivity contribution in [1.29, 1.82) is 0 Å². The van der Waals surface area contributed by atoms with Gasteiger partial charge in [-0.15, -0.1) is 0 Å². The summed E-state index contributed by atoms with van der Waals surface area (Å²) >= 11 is 0. The minimum Gasteiger partial charge on any atom is -0.394 e. The second kappa shape index (κ2) is 9.08. The second-order valence-electron chi connectivity index (χ2n) is 5.39. The molecule has 0 aliphatic rings. The number of benzene rings is 2. The zero-order chi connectivity index (χ0) is 17.3. The quantitative estimate of drug-likeness (QED) is 0.328. The molecule has 2 N–H and O–H groups in total. The Bertz CT molecular complexity index is 744. The summed E-state index contributed by atoms with van der Waals surface area (Å²) in [7, 11) is -3.27. The van der Waals surface area contributed by atoms with Gasteiger partial charge in [-0.25, -0.2) is 8.42 Å². The molecule has 0 radical (unpaired) electrons. The molecule has 0 aliphatic carbocycles. The SMILES string of the molecule is N/C(CCc1ccccc1)=N\OCCCS(=O)(=O)c1ccccc1. The summed E-state index contributed by atoms with van der Waals surface area (Å²) in [6.45, 7) is 0.220. The van der Waals surface area contributed by atoms with Crippen molar-refractivity contribution >= 4 is 15.7 Å². The maximum Gasteiger partial charge on any atom is 0.178 e. The smallest absolute Gasteiger partial charge is 0.178 e. The monoisotopic (exact) mass is 346 g/mol. The van der Waals surface area contributed by atoms with E-state index in [1.807, 2.05) is 30.3 Å². The van der Waals surface area contributed by atoms with Crippen molar-refractivity contribution in [2.45, 2.75) is 24.2 Å². The summed E-state index contributed by atoms with van der Waals surface area (Å²) < 4.78 is 24.1. The molecule has 0 aromatic heterocycles. The minimum absolute atomic E-state index is 0.0243. The Balaban J connectivity index is 1.68. The van der Waals surface area contributed by atoms with Gasteiger partial charge in [0.05, 0.1) is 10.6 Å². The van der Waals surface area contributed by atoms with Crippen molar-refractivity contribution in [3.63, 3.8) is 0 Å². The van der Waals surface area contributed by atoms with Gasteiger partial charge in [0, 0.05) is 6.42 Å². The number of nitrogens with two attached hydrogens (primary N) is 1. The van der Waals surface area contributed by atoms with Crippen LogP contribution in [0.5, 0.6) is 0 Å². The standard InChI is InChI=1S/C18H22N2O3S/c19-18(13-12-16-8-3-1-4-9-16)20-23-14-7-15-24(21,22)17-10-5-2-6-11-17/h1-6,8-11H,7,12-15H2,(H2,19,20). The van der Waals surface area contributed by atoms with E-state index in [1.54, 1.807) is 30.3 Å². The second-order valence-corrected chi connectivity index (χ2v) is 7.50. The van der Waals surface area contributed by atoms with Crippen molar-refractivity contribution in [2.24, 2.45) is 10.9 Å². The van der Waals surface area contributed by atoms with Gasteiger partial charge >= 0.3 is 0 Å². The van der Waals surface area contributed by atoms with Gasteiger partial charge in [0.2, 0.25) is 0 Å². The number of nitrogens with zero attached hydrogens (tertiary/aromatic N) is 1. The van der Waals surface area contributed by atoms with Gasteiger partial charge in [-0.05, 0) is 30.5 Å². The molecule has 0 unspecified atom stereocenters. The lowest BCUT2D eigenvalue weighted by molar-refractivity contribution is 0.144. The van der Waals surface area contributed by atoms with Crippen molar-refractivity contribution in [3.8, 4) is 0 Å². The average Bonchev–Trinajstić information content (AvgIpc) is 2.61. The topological polar surface area (TPSA) is 81.8 Å². The van der Waals surface area contributed by atoms with Crippen LogP contribution in [0.25, 0.3) is 0 Å². The third-order valence-electron chi connectivity index (χ3n) is 3.45. The molecule has 0 saturated heterocycles. The Labute approximate surface area is 143 Å². The molecule has 6 heteroatoms. The van der Waals surface area contributed by atoms with Crippen molar-refractivity contribution in [3.05, 3.63) is 66.2 Å². The fraction of sp³-hybridized carbons (Fsp3) is 0.278. The molecule has 0 saturated carbocycles. The predicted molar refractivity (Wildman–Crippen MR) is 95.4 cm³/mol. The van der Waals surface area contributed by atoms with Crippen molar-refractivity contribution in [2.75, 3.05) is 12.4 Å². The molecule has 128 valence electrons. The lowest BCUT2D eigenvalue weighted by atomic mass is 10.1. The molecule has 0 fully saturated rings. The minimum atomic E-state index is -3.27. The first-order chi connectivity index (χ1) is 11.6. The van der Waals surface area contributed by atoms with Gasteiger partial charge in [-0.3, -0.25) is 0 Å². The van der Waals surface area contributed by atoms with E-state index in [-0.39, 0.29) is 12.4 Å².